The molecule has 1 aromatic rings. The number of carboxylic acids is 1. The summed E-state index contributed by atoms with van der Waals surface area (Å²) < 4.78 is 0. The van der Waals surface area contributed by atoms with Gasteiger partial charge in [0.1, 0.15) is 5.03 Å². The fourth-order valence-corrected chi connectivity index (χ4v) is 1.83. The number of thioether (sulfide) groups is 1. The molecule has 0 aliphatic heterocycles. The standard InChI is InChI=1S/C8H8ClNO2S/c1-2-13-7-6(9)5(8(11)12)3-4-10-7/h3-4H,2H2,1H3,(H,11,12). The summed E-state index contributed by atoms with van der Waals surface area (Å²) in [5.74, 6) is -0.208. The Kier molecular flexibility index (Phi) is 3.57. The summed E-state index contributed by atoms with van der Waals surface area (Å²) in [5.41, 5.74) is 0.104. The molecule has 0 radical (unpaired) electrons. The van der Waals surface area contributed by atoms with Gasteiger partial charge < -0.3 is 5.11 Å². The number of carbonyl (C=O) groups is 1. The average Bonchev–Trinajstić information content (AvgIpc) is 2.08. The first-order valence-electron chi connectivity index (χ1n) is 3.67. The number of hydrogen-bond donors (Lipinski definition) is 1. The zero-order chi connectivity index (χ0) is 9.84. The molecule has 70 valence electrons. The number of aromatic nitrogens is 1. The Morgan fingerprint density at radius 1 is 1.77 bits per heavy atom. The largest absolute Gasteiger partial charge is 0.478 e. The molecule has 0 fully saturated rings. The van der Waals surface area contributed by atoms with E-state index >= 15 is 0 Å². The molecule has 0 bridgehead atoms. The monoisotopic (exact) mass is 217 g/mol. The van der Waals surface area contributed by atoms with Gasteiger partial charge in [0.15, 0.2) is 0 Å². The van der Waals surface area contributed by atoms with Gasteiger partial charge in [-0.05, 0) is 11.8 Å². The number of carboxylic acid groups (broad SMARTS) is 1. The second kappa shape index (κ2) is 4.48. The van der Waals surface area contributed by atoms with Crippen LogP contribution in [-0.2, 0) is 0 Å². The first-order valence-corrected chi connectivity index (χ1v) is 5.03. The lowest BCUT2D eigenvalue weighted by molar-refractivity contribution is 0.0696. The summed E-state index contributed by atoms with van der Waals surface area (Å²) in [6.07, 6.45) is 1.45. The maximum absolute atomic E-state index is 10.7. The van der Waals surface area contributed by atoms with E-state index in [1.165, 1.54) is 24.0 Å². The predicted molar refractivity (Wildman–Crippen MR) is 52.6 cm³/mol. The molecule has 0 aliphatic carbocycles. The maximum Gasteiger partial charge on any atom is 0.337 e. The van der Waals surface area contributed by atoms with Gasteiger partial charge in [-0.2, -0.15) is 0 Å². The van der Waals surface area contributed by atoms with Gasteiger partial charge in [-0.1, -0.05) is 18.5 Å². The highest BCUT2D eigenvalue weighted by molar-refractivity contribution is 7.99. The van der Waals surface area contributed by atoms with Crippen molar-refractivity contribution < 1.29 is 9.90 Å². The van der Waals surface area contributed by atoms with Gasteiger partial charge in [-0.25, -0.2) is 9.78 Å². The Balaban J connectivity index is 3.10. The molecule has 0 spiro atoms. The van der Waals surface area contributed by atoms with Gasteiger partial charge in [0, 0.05) is 6.20 Å². The van der Waals surface area contributed by atoms with E-state index < -0.39 is 5.97 Å². The molecule has 5 heteroatoms. The van der Waals surface area contributed by atoms with Crippen LogP contribution >= 0.6 is 23.4 Å². The highest BCUT2D eigenvalue weighted by Gasteiger charge is 2.12. The van der Waals surface area contributed by atoms with Crippen LogP contribution in [0.3, 0.4) is 0 Å². The predicted octanol–water partition coefficient (Wildman–Crippen LogP) is 2.55. The van der Waals surface area contributed by atoms with Crippen molar-refractivity contribution in [2.75, 3.05) is 5.75 Å². The fraction of sp³-hybridized carbons (Fsp3) is 0.250. The van der Waals surface area contributed by atoms with E-state index in [0.717, 1.165) is 5.75 Å². The lowest BCUT2D eigenvalue weighted by Crippen LogP contribution is -1.99. The summed E-state index contributed by atoms with van der Waals surface area (Å²) in [5, 5.41) is 9.53. The molecule has 3 nitrogen and oxygen atoms in total. The van der Waals surface area contributed by atoms with E-state index in [1.807, 2.05) is 6.92 Å². The second-order valence-electron chi connectivity index (χ2n) is 2.22. The molecule has 1 aromatic heterocycles. The van der Waals surface area contributed by atoms with Crippen molar-refractivity contribution in [2.45, 2.75) is 11.9 Å². The zero-order valence-electron chi connectivity index (χ0n) is 6.95. The van der Waals surface area contributed by atoms with Crippen LogP contribution in [0.1, 0.15) is 17.3 Å². The van der Waals surface area contributed by atoms with Gasteiger partial charge in [0.2, 0.25) is 0 Å². The van der Waals surface area contributed by atoms with E-state index in [2.05, 4.69) is 4.98 Å². The van der Waals surface area contributed by atoms with Crippen LogP contribution in [0.5, 0.6) is 0 Å². The first-order chi connectivity index (χ1) is 6.16. The lowest BCUT2D eigenvalue weighted by Gasteiger charge is -2.02. The van der Waals surface area contributed by atoms with E-state index in [4.69, 9.17) is 16.7 Å². The van der Waals surface area contributed by atoms with Gasteiger partial charge in [-0.15, -0.1) is 11.8 Å². The topological polar surface area (TPSA) is 50.2 Å². The SMILES string of the molecule is CCSc1nccc(C(=O)O)c1Cl. The molecular weight excluding hydrogens is 210 g/mol. The lowest BCUT2D eigenvalue weighted by atomic mass is 10.3. The van der Waals surface area contributed by atoms with Crippen LogP contribution in [0.4, 0.5) is 0 Å². The van der Waals surface area contributed by atoms with Gasteiger partial charge in [0.05, 0.1) is 10.6 Å². The summed E-state index contributed by atoms with van der Waals surface area (Å²) >= 11 is 7.25. The number of pyridine rings is 1. The molecule has 0 aromatic carbocycles. The molecule has 1 N–H and O–H groups in total. The van der Waals surface area contributed by atoms with Crippen molar-refractivity contribution >= 4 is 29.3 Å². The van der Waals surface area contributed by atoms with Crippen molar-refractivity contribution in [1.82, 2.24) is 4.98 Å². The van der Waals surface area contributed by atoms with Gasteiger partial charge in [0.25, 0.3) is 0 Å². The van der Waals surface area contributed by atoms with Crippen LogP contribution in [0.2, 0.25) is 5.02 Å². The number of nitrogens with zero attached hydrogens (tertiary/aromatic N) is 1. The summed E-state index contributed by atoms with van der Waals surface area (Å²) in [6.45, 7) is 1.95. The van der Waals surface area contributed by atoms with Crippen LogP contribution in [0, 0.1) is 0 Å². The molecule has 0 saturated heterocycles. The molecule has 1 rings (SSSR count). The highest BCUT2D eigenvalue weighted by atomic mass is 35.5. The molecule has 0 saturated carbocycles. The average molecular weight is 218 g/mol. The Morgan fingerprint density at radius 3 is 3.00 bits per heavy atom. The fourth-order valence-electron chi connectivity index (χ4n) is 0.827. The van der Waals surface area contributed by atoms with Crippen molar-refractivity contribution in [3.05, 3.63) is 22.8 Å². The number of aromatic carboxylic acids is 1. The number of rotatable bonds is 3. The van der Waals surface area contributed by atoms with Crippen molar-refractivity contribution in [3.8, 4) is 0 Å². The molecule has 0 unspecified atom stereocenters. The summed E-state index contributed by atoms with van der Waals surface area (Å²) in [4.78, 5) is 14.6. The van der Waals surface area contributed by atoms with Crippen molar-refractivity contribution in [3.63, 3.8) is 0 Å². The van der Waals surface area contributed by atoms with E-state index in [-0.39, 0.29) is 10.6 Å². The van der Waals surface area contributed by atoms with Crippen LogP contribution in [0.25, 0.3) is 0 Å². The third-order valence-electron chi connectivity index (χ3n) is 1.37. The summed E-state index contributed by atoms with van der Waals surface area (Å²) in [6, 6.07) is 1.39. The van der Waals surface area contributed by atoms with Crippen molar-refractivity contribution in [2.24, 2.45) is 0 Å². The minimum Gasteiger partial charge on any atom is -0.478 e. The minimum absolute atomic E-state index is 0.104. The molecule has 13 heavy (non-hydrogen) atoms. The van der Waals surface area contributed by atoms with E-state index in [9.17, 15) is 4.79 Å². The Bertz CT molecular complexity index is 330. The Morgan fingerprint density at radius 2 is 2.46 bits per heavy atom. The zero-order valence-corrected chi connectivity index (χ0v) is 8.52. The van der Waals surface area contributed by atoms with Crippen LogP contribution < -0.4 is 0 Å². The van der Waals surface area contributed by atoms with Crippen molar-refractivity contribution in [1.29, 1.82) is 0 Å². The molecule has 0 aliphatic rings. The highest BCUT2D eigenvalue weighted by Crippen LogP contribution is 2.27. The third kappa shape index (κ3) is 2.35. The molecule has 0 amide bonds. The summed E-state index contributed by atoms with van der Waals surface area (Å²) in [7, 11) is 0. The Labute approximate surface area is 85.1 Å². The Hall–Kier alpha value is -0.740. The number of hydrogen-bond acceptors (Lipinski definition) is 3. The third-order valence-corrected chi connectivity index (χ3v) is 2.73. The quantitative estimate of drug-likeness (QED) is 0.791. The molecule has 1 heterocycles. The minimum atomic E-state index is -1.02. The molecule has 0 atom stereocenters. The van der Waals surface area contributed by atoms with Gasteiger partial charge in [-0.3, -0.25) is 0 Å². The first kappa shape index (κ1) is 10.3. The second-order valence-corrected chi connectivity index (χ2v) is 3.85. The van der Waals surface area contributed by atoms with E-state index in [1.54, 1.807) is 0 Å². The smallest absolute Gasteiger partial charge is 0.337 e. The number of halogens is 1. The van der Waals surface area contributed by atoms with Crippen LogP contribution in [0.15, 0.2) is 17.3 Å². The van der Waals surface area contributed by atoms with Gasteiger partial charge >= 0.3 is 5.97 Å². The van der Waals surface area contributed by atoms with E-state index in [0.29, 0.717) is 5.03 Å². The maximum atomic E-state index is 10.7. The molecular formula is C8H8ClNO2S. The van der Waals surface area contributed by atoms with Crippen LogP contribution in [-0.4, -0.2) is 21.8 Å². The normalized spacial score (nSPS) is 10.0.